The first-order valence-corrected chi connectivity index (χ1v) is 5.52. The number of rotatable bonds is 1. The lowest BCUT2D eigenvalue weighted by molar-refractivity contribution is 1.06. The normalized spacial score (nSPS) is 10.6. The van der Waals surface area contributed by atoms with E-state index in [2.05, 4.69) is 15.0 Å². The summed E-state index contributed by atoms with van der Waals surface area (Å²) < 4.78 is 0. The summed E-state index contributed by atoms with van der Waals surface area (Å²) >= 11 is 7.23. The van der Waals surface area contributed by atoms with Crippen LogP contribution in [0.1, 0.15) is 10.7 Å². The molecule has 78 valence electrons. The minimum absolute atomic E-state index is 0.130. The molecule has 15 heavy (non-hydrogen) atoms. The van der Waals surface area contributed by atoms with Gasteiger partial charge in [0.15, 0.2) is 5.82 Å². The van der Waals surface area contributed by atoms with Crippen LogP contribution in [-0.4, -0.2) is 15.0 Å². The maximum atomic E-state index is 11.4. The van der Waals surface area contributed by atoms with Gasteiger partial charge in [-0.05, 0) is 13.8 Å². The molecule has 6 heteroatoms. The molecule has 0 aromatic carbocycles. The lowest BCUT2D eigenvalue weighted by Crippen LogP contribution is -2.11. The number of thiazole rings is 1. The Morgan fingerprint density at radius 3 is 2.67 bits per heavy atom. The standard InChI is InChI=1S/C9H8ClN3OS/c1-4-7(10)9(14)13-8(11-4)6-3-15-5(2)12-6/h3H,1-2H3,(H,11,13,14). The highest BCUT2D eigenvalue weighted by atomic mass is 35.5. The minimum atomic E-state index is -0.329. The number of halogens is 1. The second-order valence-electron chi connectivity index (χ2n) is 3.07. The Morgan fingerprint density at radius 2 is 2.13 bits per heavy atom. The lowest BCUT2D eigenvalue weighted by atomic mass is 10.4. The molecule has 0 spiro atoms. The van der Waals surface area contributed by atoms with Crippen LogP contribution in [0, 0.1) is 13.8 Å². The van der Waals surface area contributed by atoms with Crippen molar-refractivity contribution in [3.05, 3.63) is 31.5 Å². The van der Waals surface area contributed by atoms with E-state index in [-0.39, 0.29) is 10.6 Å². The topological polar surface area (TPSA) is 58.6 Å². The predicted molar refractivity (Wildman–Crippen MR) is 60.4 cm³/mol. The lowest BCUT2D eigenvalue weighted by Gasteiger charge is -1.99. The zero-order valence-corrected chi connectivity index (χ0v) is 9.74. The Hall–Kier alpha value is -1.20. The summed E-state index contributed by atoms with van der Waals surface area (Å²) in [5, 5.41) is 2.91. The van der Waals surface area contributed by atoms with Crippen LogP contribution in [0.2, 0.25) is 5.02 Å². The van der Waals surface area contributed by atoms with Crippen LogP contribution in [0.25, 0.3) is 11.5 Å². The highest BCUT2D eigenvalue weighted by molar-refractivity contribution is 7.09. The molecular formula is C9H8ClN3OS. The van der Waals surface area contributed by atoms with E-state index in [1.165, 1.54) is 11.3 Å². The molecule has 0 atom stereocenters. The molecule has 0 saturated heterocycles. The molecule has 1 N–H and O–H groups in total. The first-order valence-electron chi connectivity index (χ1n) is 4.27. The fraction of sp³-hybridized carbons (Fsp3) is 0.222. The van der Waals surface area contributed by atoms with Crippen molar-refractivity contribution in [2.75, 3.05) is 0 Å². The van der Waals surface area contributed by atoms with E-state index in [1.54, 1.807) is 6.92 Å². The summed E-state index contributed by atoms with van der Waals surface area (Å²) in [7, 11) is 0. The van der Waals surface area contributed by atoms with Gasteiger partial charge >= 0.3 is 0 Å². The highest BCUT2D eigenvalue weighted by Crippen LogP contribution is 2.18. The van der Waals surface area contributed by atoms with E-state index >= 15 is 0 Å². The number of aromatic amines is 1. The first kappa shape index (κ1) is 10.3. The van der Waals surface area contributed by atoms with Gasteiger partial charge in [0.05, 0.1) is 10.7 Å². The zero-order chi connectivity index (χ0) is 11.0. The number of nitrogens with zero attached hydrogens (tertiary/aromatic N) is 2. The van der Waals surface area contributed by atoms with Crippen LogP contribution in [0.4, 0.5) is 0 Å². The van der Waals surface area contributed by atoms with Crippen molar-refractivity contribution in [1.82, 2.24) is 15.0 Å². The molecule has 0 aliphatic rings. The summed E-state index contributed by atoms with van der Waals surface area (Å²) in [6, 6.07) is 0. The van der Waals surface area contributed by atoms with E-state index in [4.69, 9.17) is 11.6 Å². The third-order valence-corrected chi connectivity index (χ3v) is 3.11. The average Bonchev–Trinajstić information content (AvgIpc) is 2.60. The highest BCUT2D eigenvalue weighted by Gasteiger charge is 2.09. The minimum Gasteiger partial charge on any atom is -0.304 e. The fourth-order valence-corrected chi connectivity index (χ4v) is 1.85. The van der Waals surface area contributed by atoms with Gasteiger partial charge in [-0.1, -0.05) is 11.6 Å². The molecule has 2 rings (SSSR count). The Morgan fingerprint density at radius 1 is 1.40 bits per heavy atom. The molecule has 2 heterocycles. The van der Waals surface area contributed by atoms with Gasteiger partial charge < -0.3 is 4.98 Å². The second kappa shape index (κ2) is 3.75. The molecule has 0 aliphatic carbocycles. The van der Waals surface area contributed by atoms with E-state index in [0.29, 0.717) is 17.2 Å². The van der Waals surface area contributed by atoms with E-state index in [9.17, 15) is 4.79 Å². The van der Waals surface area contributed by atoms with Gasteiger partial charge in [-0.3, -0.25) is 4.79 Å². The van der Waals surface area contributed by atoms with Crippen molar-refractivity contribution < 1.29 is 0 Å². The van der Waals surface area contributed by atoms with E-state index in [1.807, 2.05) is 12.3 Å². The summed E-state index contributed by atoms with van der Waals surface area (Å²) in [4.78, 5) is 22.4. The molecular weight excluding hydrogens is 234 g/mol. The molecule has 0 aliphatic heterocycles. The van der Waals surface area contributed by atoms with Gasteiger partial charge in [0, 0.05) is 5.38 Å². The average molecular weight is 242 g/mol. The molecule has 0 amide bonds. The van der Waals surface area contributed by atoms with Crippen LogP contribution in [0.15, 0.2) is 10.2 Å². The zero-order valence-electron chi connectivity index (χ0n) is 8.17. The van der Waals surface area contributed by atoms with Crippen LogP contribution in [0.3, 0.4) is 0 Å². The Balaban J connectivity index is 2.60. The fourth-order valence-electron chi connectivity index (χ4n) is 1.16. The quantitative estimate of drug-likeness (QED) is 0.832. The van der Waals surface area contributed by atoms with Gasteiger partial charge in [-0.2, -0.15) is 0 Å². The number of hydrogen-bond acceptors (Lipinski definition) is 4. The molecule has 2 aromatic rings. The Kier molecular flexibility index (Phi) is 2.58. The number of aromatic nitrogens is 3. The monoisotopic (exact) mass is 241 g/mol. The third kappa shape index (κ3) is 1.93. The molecule has 0 fully saturated rings. The Bertz CT molecular complexity index is 561. The SMILES string of the molecule is Cc1nc(-c2nc(C)c(Cl)c(=O)[nH]2)cs1. The van der Waals surface area contributed by atoms with Crippen molar-refractivity contribution in [3.63, 3.8) is 0 Å². The third-order valence-electron chi connectivity index (χ3n) is 1.89. The summed E-state index contributed by atoms with van der Waals surface area (Å²) in [5.41, 5.74) is 0.861. The molecule has 0 bridgehead atoms. The number of nitrogens with one attached hydrogen (secondary N) is 1. The molecule has 0 saturated carbocycles. The van der Waals surface area contributed by atoms with E-state index < -0.39 is 0 Å². The number of hydrogen-bond donors (Lipinski definition) is 1. The smallest absolute Gasteiger partial charge is 0.270 e. The molecule has 4 nitrogen and oxygen atoms in total. The van der Waals surface area contributed by atoms with Gasteiger partial charge in [0.25, 0.3) is 5.56 Å². The van der Waals surface area contributed by atoms with Crippen molar-refractivity contribution in [1.29, 1.82) is 0 Å². The summed E-state index contributed by atoms with van der Waals surface area (Å²) in [5.74, 6) is 0.464. The van der Waals surface area contributed by atoms with Crippen molar-refractivity contribution >= 4 is 22.9 Å². The predicted octanol–water partition coefficient (Wildman–Crippen LogP) is 2.16. The van der Waals surface area contributed by atoms with Crippen LogP contribution < -0.4 is 5.56 Å². The first-order chi connectivity index (χ1) is 7.08. The molecule has 0 radical (unpaired) electrons. The van der Waals surface area contributed by atoms with Gasteiger partial charge in [0.2, 0.25) is 0 Å². The maximum absolute atomic E-state index is 11.4. The maximum Gasteiger partial charge on any atom is 0.270 e. The van der Waals surface area contributed by atoms with Crippen LogP contribution in [0.5, 0.6) is 0 Å². The van der Waals surface area contributed by atoms with Gasteiger partial charge in [0.1, 0.15) is 10.7 Å². The molecule has 2 aromatic heterocycles. The number of aryl methyl sites for hydroxylation is 2. The van der Waals surface area contributed by atoms with Crippen LogP contribution >= 0.6 is 22.9 Å². The van der Waals surface area contributed by atoms with Crippen molar-refractivity contribution in [2.45, 2.75) is 13.8 Å². The van der Waals surface area contributed by atoms with Crippen LogP contribution in [-0.2, 0) is 0 Å². The van der Waals surface area contributed by atoms with Crippen molar-refractivity contribution in [2.24, 2.45) is 0 Å². The molecule has 0 unspecified atom stereocenters. The summed E-state index contributed by atoms with van der Waals surface area (Å²) in [6.07, 6.45) is 0. The summed E-state index contributed by atoms with van der Waals surface area (Å²) in [6.45, 7) is 3.59. The van der Waals surface area contributed by atoms with Crippen molar-refractivity contribution in [3.8, 4) is 11.5 Å². The van der Waals surface area contributed by atoms with Gasteiger partial charge in [-0.15, -0.1) is 11.3 Å². The van der Waals surface area contributed by atoms with Gasteiger partial charge in [-0.25, -0.2) is 9.97 Å². The Labute approximate surface area is 95.0 Å². The largest absolute Gasteiger partial charge is 0.304 e. The van der Waals surface area contributed by atoms with E-state index in [0.717, 1.165) is 5.01 Å². The number of H-pyrrole nitrogens is 1. The second-order valence-corrected chi connectivity index (χ2v) is 4.51.